The minimum Gasteiger partial charge on any atom is -0.263 e. The van der Waals surface area contributed by atoms with Crippen molar-refractivity contribution in [2.45, 2.75) is 52.4 Å². The van der Waals surface area contributed by atoms with Gasteiger partial charge in [-0.3, -0.25) is 4.98 Å². The highest BCUT2D eigenvalue weighted by atomic mass is 14.6. The summed E-state index contributed by atoms with van der Waals surface area (Å²) in [5.74, 6) is 2.91. The fourth-order valence-corrected chi connectivity index (χ4v) is 3.35. The molecule has 0 bridgehead atoms. The Balaban J connectivity index is 2.06. The summed E-state index contributed by atoms with van der Waals surface area (Å²) in [6.07, 6.45) is 9.69. The molecule has 2 aromatic carbocycles. The monoisotopic (exact) mass is 367 g/mol. The lowest BCUT2D eigenvalue weighted by Gasteiger charge is -2.20. The van der Waals surface area contributed by atoms with E-state index in [0.717, 1.165) is 27.8 Å². The molecule has 0 saturated carbocycles. The fraction of sp³-hybridized carbons (Fsp3) is 0.296. The highest BCUT2D eigenvalue weighted by Crippen LogP contribution is 2.33. The number of terminal acetylenes is 1. The van der Waals surface area contributed by atoms with Gasteiger partial charge in [-0.2, -0.15) is 0 Å². The van der Waals surface area contributed by atoms with Crippen molar-refractivity contribution in [3.05, 3.63) is 77.6 Å². The Bertz CT molecular complexity index is 927. The fourth-order valence-electron chi connectivity index (χ4n) is 3.35. The summed E-state index contributed by atoms with van der Waals surface area (Å²) < 4.78 is 0. The average Bonchev–Trinajstić information content (AvgIpc) is 2.66. The molecule has 28 heavy (non-hydrogen) atoms. The zero-order valence-electron chi connectivity index (χ0n) is 17.8. The van der Waals surface area contributed by atoms with Gasteiger partial charge in [0.25, 0.3) is 0 Å². The Labute approximate surface area is 169 Å². The second-order valence-corrected chi connectivity index (χ2v) is 9.41. The highest BCUT2D eigenvalue weighted by Gasteiger charge is 2.16. The molecule has 1 nitrogen and oxygen atoms in total. The summed E-state index contributed by atoms with van der Waals surface area (Å²) in [7, 11) is 0. The van der Waals surface area contributed by atoms with E-state index >= 15 is 0 Å². The van der Waals surface area contributed by atoms with Crippen LogP contribution in [-0.4, -0.2) is 4.98 Å². The first-order valence-corrected chi connectivity index (χ1v) is 9.78. The number of hydrogen-bond acceptors (Lipinski definition) is 1. The molecular formula is C27H29N. The molecule has 0 spiro atoms. The number of nitrogens with zero attached hydrogens (tertiary/aromatic N) is 1. The van der Waals surface area contributed by atoms with E-state index in [2.05, 4.69) is 101 Å². The van der Waals surface area contributed by atoms with Gasteiger partial charge >= 0.3 is 0 Å². The Morgan fingerprint density at radius 2 is 1.00 bits per heavy atom. The van der Waals surface area contributed by atoms with Crippen LogP contribution in [0.1, 0.15) is 58.2 Å². The Morgan fingerprint density at radius 3 is 1.29 bits per heavy atom. The van der Waals surface area contributed by atoms with Crippen LogP contribution in [0.2, 0.25) is 0 Å². The summed E-state index contributed by atoms with van der Waals surface area (Å²) in [6.45, 7) is 13.3. The quantitative estimate of drug-likeness (QED) is 0.445. The summed E-state index contributed by atoms with van der Waals surface area (Å²) in [5, 5.41) is 0. The van der Waals surface area contributed by atoms with E-state index in [9.17, 15) is 0 Å². The van der Waals surface area contributed by atoms with E-state index < -0.39 is 0 Å². The third-order valence-corrected chi connectivity index (χ3v) is 5.21. The van der Waals surface area contributed by atoms with Crippen LogP contribution >= 0.6 is 0 Å². The van der Waals surface area contributed by atoms with Crippen LogP contribution in [0.25, 0.3) is 22.3 Å². The van der Waals surface area contributed by atoms with Crippen LogP contribution < -0.4 is 0 Å². The first-order chi connectivity index (χ1) is 13.1. The van der Waals surface area contributed by atoms with Gasteiger partial charge in [0.15, 0.2) is 0 Å². The van der Waals surface area contributed by atoms with Gasteiger partial charge in [0.05, 0.1) is 0 Å². The largest absolute Gasteiger partial charge is 0.263 e. The highest BCUT2D eigenvalue weighted by molar-refractivity contribution is 5.81. The summed E-state index contributed by atoms with van der Waals surface area (Å²) >= 11 is 0. The lowest BCUT2D eigenvalue weighted by molar-refractivity contribution is 0.590. The summed E-state index contributed by atoms with van der Waals surface area (Å²) in [6, 6.07) is 17.3. The molecule has 1 heterocycles. The van der Waals surface area contributed by atoms with E-state index in [1.165, 1.54) is 11.1 Å². The van der Waals surface area contributed by atoms with Gasteiger partial charge in [0.2, 0.25) is 0 Å². The zero-order valence-corrected chi connectivity index (χ0v) is 17.8. The van der Waals surface area contributed by atoms with Crippen LogP contribution in [0.4, 0.5) is 0 Å². The van der Waals surface area contributed by atoms with Gasteiger partial charge < -0.3 is 0 Å². The number of pyridine rings is 1. The molecule has 0 saturated heterocycles. The molecule has 3 aromatic rings. The van der Waals surface area contributed by atoms with Crippen molar-refractivity contribution in [3.63, 3.8) is 0 Å². The predicted octanol–water partition coefficient (Wildman–Crippen LogP) is 6.99. The molecular weight excluding hydrogens is 338 g/mol. The van der Waals surface area contributed by atoms with E-state index in [-0.39, 0.29) is 10.8 Å². The molecule has 0 aliphatic rings. The smallest absolute Gasteiger partial charge is 0.0430 e. The molecule has 1 aromatic heterocycles. The molecule has 0 aliphatic heterocycles. The van der Waals surface area contributed by atoms with Crippen molar-refractivity contribution >= 4 is 0 Å². The van der Waals surface area contributed by atoms with Crippen LogP contribution in [-0.2, 0) is 10.8 Å². The Hall–Kier alpha value is -2.85. The molecule has 0 atom stereocenters. The number of aromatic nitrogens is 1. The molecule has 142 valence electrons. The van der Waals surface area contributed by atoms with Crippen molar-refractivity contribution in [1.29, 1.82) is 0 Å². The molecule has 0 amide bonds. The van der Waals surface area contributed by atoms with Gasteiger partial charge in [-0.1, -0.05) is 96.0 Å². The number of rotatable bonds is 2. The van der Waals surface area contributed by atoms with Crippen molar-refractivity contribution in [2.24, 2.45) is 0 Å². The van der Waals surface area contributed by atoms with Gasteiger partial charge in [-0.15, -0.1) is 6.42 Å². The second kappa shape index (κ2) is 7.28. The summed E-state index contributed by atoms with van der Waals surface area (Å²) in [5.41, 5.74) is 7.96. The van der Waals surface area contributed by atoms with Crippen molar-refractivity contribution < 1.29 is 0 Å². The van der Waals surface area contributed by atoms with E-state index in [1.807, 2.05) is 12.4 Å². The molecule has 0 aliphatic carbocycles. The van der Waals surface area contributed by atoms with E-state index in [4.69, 9.17) is 6.42 Å². The maximum absolute atomic E-state index is 5.95. The summed E-state index contributed by atoms with van der Waals surface area (Å²) in [4.78, 5) is 4.49. The third-order valence-electron chi connectivity index (χ3n) is 5.21. The van der Waals surface area contributed by atoms with Crippen molar-refractivity contribution in [1.82, 2.24) is 4.98 Å². The first-order valence-electron chi connectivity index (χ1n) is 9.78. The lowest BCUT2D eigenvalue weighted by atomic mass is 9.85. The van der Waals surface area contributed by atoms with Crippen LogP contribution in [0, 0.1) is 12.3 Å². The molecule has 0 N–H and O–H groups in total. The predicted molar refractivity (Wildman–Crippen MR) is 120 cm³/mol. The normalized spacial score (nSPS) is 11.9. The molecule has 1 heteroatoms. The zero-order chi connectivity index (χ0) is 20.5. The minimum atomic E-state index is 0.127. The van der Waals surface area contributed by atoms with Crippen molar-refractivity contribution in [3.8, 4) is 34.6 Å². The molecule has 0 fully saturated rings. The van der Waals surface area contributed by atoms with Gasteiger partial charge in [0, 0.05) is 29.1 Å². The lowest BCUT2D eigenvalue weighted by Crippen LogP contribution is -2.10. The topological polar surface area (TPSA) is 12.9 Å². The molecule has 0 radical (unpaired) electrons. The third kappa shape index (κ3) is 4.02. The van der Waals surface area contributed by atoms with E-state index in [1.54, 1.807) is 0 Å². The number of hydrogen-bond donors (Lipinski definition) is 0. The molecule has 0 unspecified atom stereocenters. The Morgan fingerprint density at radius 1 is 0.643 bits per heavy atom. The van der Waals surface area contributed by atoms with Crippen LogP contribution in [0.15, 0.2) is 60.9 Å². The van der Waals surface area contributed by atoms with E-state index in [0.29, 0.717) is 0 Å². The van der Waals surface area contributed by atoms with Gasteiger partial charge in [-0.25, -0.2) is 0 Å². The van der Waals surface area contributed by atoms with Gasteiger partial charge in [-0.05, 0) is 33.1 Å². The van der Waals surface area contributed by atoms with Gasteiger partial charge in [0.1, 0.15) is 0 Å². The minimum absolute atomic E-state index is 0.127. The average molecular weight is 368 g/mol. The van der Waals surface area contributed by atoms with Crippen LogP contribution in [0.5, 0.6) is 0 Å². The first kappa shape index (κ1) is 19.9. The molecule has 3 rings (SSSR count). The number of benzene rings is 2. The standard InChI is InChI=1S/C27H29N/c1-8-23-24(19-9-13-21(14-10-19)26(2,3)4)17-28-18-25(23)20-11-15-22(16-12-20)27(5,6)7/h1,9-18H,2-7H3. The second-order valence-electron chi connectivity index (χ2n) is 9.41. The maximum atomic E-state index is 5.95. The maximum Gasteiger partial charge on any atom is 0.0430 e. The SMILES string of the molecule is C#Cc1c(-c2ccc(C(C)(C)C)cc2)cncc1-c1ccc(C(C)(C)C)cc1. The van der Waals surface area contributed by atoms with Crippen molar-refractivity contribution in [2.75, 3.05) is 0 Å². The Kier molecular flexibility index (Phi) is 5.18. The van der Waals surface area contributed by atoms with Crippen LogP contribution in [0.3, 0.4) is 0 Å².